The van der Waals surface area contributed by atoms with Gasteiger partial charge in [-0.15, -0.1) is 0 Å². The van der Waals surface area contributed by atoms with Crippen LogP contribution < -0.4 is 10.6 Å². The zero-order chi connectivity index (χ0) is 18.7. The molecule has 0 aromatic rings. The van der Waals surface area contributed by atoms with E-state index in [1.807, 2.05) is 0 Å². The third-order valence-electron chi connectivity index (χ3n) is 8.25. The zero-order valence-corrected chi connectivity index (χ0v) is 16.5. The van der Waals surface area contributed by atoms with Crippen molar-refractivity contribution in [1.82, 2.24) is 10.6 Å². The summed E-state index contributed by atoms with van der Waals surface area (Å²) in [4.78, 5) is 13.5. The van der Waals surface area contributed by atoms with E-state index in [4.69, 9.17) is 0 Å². The Kier molecular flexibility index (Phi) is 4.09. The SMILES string of the molecule is C[C@@]12CC3CC(C(=O)N[C@@H]4CCNC[C@H]4F)(C1)C[C@](C1=CC=CCC1)(C3)C2. The average Bonchev–Trinajstić information content (AvgIpc) is 2.62. The van der Waals surface area contributed by atoms with Crippen molar-refractivity contribution >= 4 is 5.91 Å². The van der Waals surface area contributed by atoms with E-state index in [1.54, 1.807) is 5.57 Å². The van der Waals surface area contributed by atoms with Gasteiger partial charge in [0.1, 0.15) is 6.17 Å². The lowest BCUT2D eigenvalue weighted by Crippen LogP contribution is -2.63. The standard InChI is InChI=1S/C23H33FN2O/c1-21-9-16-10-22(13-21,17-5-3-2-4-6-17)15-23(11-16,14-21)20(27)26-19-7-8-25-12-18(19)24/h2-3,5,16,18-19,25H,4,6-15H2,1H3,(H,26,27)/t16?,18-,19-,21+,22+,23?/m1/s1. The summed E-state index contributed by atoms with van der Waals surface area (Å²) in [6.07, 6.45) is 15.6. The van der Waals surface area contributed by atoms with Crippen molar-refractivity contribution in [1.29, 1.82) is 0 Å². The van der Waals surface area contributed by atoms with Crippen LogP contribution in [0.1, 0.15) is 64.7 Å². The fourth-order valence-electron chi connectivity index (χ4n) is 7.88. The number of nitrogens with one attached hydrogen (secondary N) is 2. The Labute approximate surface area is 162 Å². The normalized spacial score (nSPS) is 48.4. The second-order valence-electron chi connectivity index (χ2n) is 10.6. The molecule has 2 N–H and O–H groups in total. The minimum atomic E-state index is -0.965. The summed E-state index contributed by atoms with van der Waals surface area (Å²) < 4.78 is 14.3. The molecule has 1 amide bonds. The predicted molar refractivity (Wildman–Crippen MR) is 105 cm³/mol. The lowest BCUT2D eigenvalue weighted by atomic mass is 9.38. The van der Waals surface area contributed by atoms with Crippen molar-refractivity contribution in [2.24, 2.45) is 22.2 Å². The van der Waals surface area contributed by atoms with Crippen molar-refractivity contribution in [3.8, 4) is 0 Å². The average molecular weight is 373 g/mol. The van der Waals surface area contributed by atoms with Gasteiger partial charge in [-0.3, -0.25) is 4.79 Å². The molecule has 4 heteroatoms. The van der Waals surface area contributed by atoms with Gasteiger partial charge >= 0.3 is 0 Å². The zero-order valence-electron chi connectivity index (χ0n) is 16.5. The molecule has 4 bridgehead atoms. The van der Waals surface area contributed by atoms with Crippen LogP contribution in [-0.4, -0.2) is 31.2 Å². The van der Waals surface area contributed by atoms with E-state index in [-0.39, 0.29) is 28.2 Å². The Morgan fingerprint density at radius 2 is 2.15 bits per heavy atom. The molecule has 0 aromatic carbocycles. The molecule has 0 radical (unpaired) electrons. The number of piperidine rings is 1. The molecule has 2 unspecified atom stereocenters. The fourth-order valence-corrected chi connectivity index (χ4v) is 7.88. The van der Waals surface area contributed by atoms with Gasteiger partial charge < -0.3 is 10.6 Å². The van der Waals surface area contributed by atoms with Crippen LogP contribution in [0.3, 0.4) is 0 Å². The molecule has 27 heavy (non-hydrogen) atoms. The number of allylic oxidation sites excluding steroid dienone is 4. The largest absolute Gasteiger partial charge is 0.350 e. The lowest BCUT2D eigenvalue weighted by molar-refractivity contribution is -0.168. The summed E-state index contributed by atoms with van der Waals surface area (Å²) in [6, 6.07) is -0.313. The summed E-state index contributed by atoms with van der Waals surface area (Å²) in [6.45, 7) is 3.57. The molecule has 4 saturated carbocycles. The van der Waals surface area contributed by atoms with Gasteiger partial charge in [0.25, 0.3) is 0 Å². The number of hydrogen-bond donors (Lipinski definition) is 2. The number of rotatable bonds is 3. The van der Waals surface area contributed by atoms with Crippen molar-refractivity contribution in [2.75, 3.05) is 13.1 Å². The van der Waals surface area contributed by atoms with Crippen molar-refractivity contribution in [3.63, 3.8) is 0 Å². The van der Waals surface area contributed by atoms with E-state index in [0.29, 0.717) is 18.9 Å². The van der Waals surface area contributed by atoms with Gasteiger partial charge in [0, 0.05) is 6.54 Å². The first-order valence-electron chi connectivity index (χ1n) is 10.9. The molecular formula is C23H33FN2O. The molecule has 5 fully saturated rings. The molecular weight excluding hydrogens is 339 g/mol. The van der Waals surface area contributed by atoms with Gasteiger partial charge in [0.2, 0.25) is 5.91 Å². The van der Waals surface area contributed by atoms with Gasteiger partial charge in [-0.2, -0.15) is 0 Å². The molecule has 148 valence electrons. The van der Waals surface area contributed by atoms with Crippen molar-refractivity contribution < 1.29 is 9.18 Å². The monoisotopic (exact) mass is 372 g/mol. The van der Waals surface area contributed by atoms with Crippen LogP contribution in [0.4, 0.5) is 4.39 Å². The second kappa shape index (κ2) is 6.17. The highest BCUT2D eigenvalue weighted by Gasteiger charge is 2.65. The molecule has 6 aliphatic rings. The third-order valence-corrected chi connectivity index (χ3v) is 8.25. The molecule has 3 nitrogen and oxygen atoms in total. The predicted octanol–water partition coefficient (Wildman–Crippen LogP) is 4.06. The topological polar surface area (TPSA) is 41.1 Å². The molecule has 5 aliphatic carbocycles. The second-order valence-corrected chi connectivity index (χ2v) is 10.6. The van der Waals surface area contributed by atoms with E-state index in [2.05, 4.69) is 35.8 Å². The molecule has 6 rings (SSSR count). The molecule has 0 spiro atoms. The highest BCUT2D eigenvalue weighted by atomic mass is 19.1. The van der Waals surface area contributed by atoms with E-state index in [9.17, 15) is 9.18 Å². The van der Waals surface area contributed by atoms with Gasteiger partial charge in [0.15, 0.2) is 0 Å². The van der Waals surface area contributed by atoms with Crippen molar-refractivity contribution in [2.45, 2.75) is 76.9 Å². The number of amides is 1. The van der Waals surface area contributed by atoms with Crippen LogP contribution in [0, 0.1) is 22.2 Å². The van der Waals surface area contributed by atoms with Gasteiger partial charge in [-0.25, -0.2) is 4.39 Å². The summed E-state index contributed by atoms with van der Waals surface area (Å²) >= 11 is 0. The summed E-state index contributed by atoms with van der Waals surface area (Å²) in [5.41, 5.74) is 1.78. The fraction of sp³-hybridized carbons (Fsp3) is 0.783. The third kappa shape index (κ3) is 2.90. The maximum Gasteiger partial charge on any atom is 0.226 e. The lowest BCUT2D eigenvalue weighted by Gasteiger charge is -2.66. The van der Waals surface area contributed by atoms with Crippen molar-refractivity contribution in [3.05, 3.63) is 23.8 Å². The van der Waals surface area contributed by atoms with Crippen LogP contribution in [-0.2, 0) is 4.79 Å². The molecule has 1 saturated heterocycles. The quantitative estimate of drug-likeness (QED) is 0.784. The first kappa shape index (κ1) is 17.9. The Morgan fingerprint density at radius 3 is 2.89 bits per heavy atom. The molecule has 1 aliphatic heterocycles. The van der Waals surface area contributed by atoms with Gasteiger partial charge in [-0.1, -0.05) is 30.7 Å². The maximum absolute atomic E-state index is 14.3. The first-order chi connectivity index (χ1) is 12.9. The molecule has 6 atom stereocenters. The smallest absolute Gasteiger partial charge is 0.226 e. The van der Waals surface area contributed by atoms with Crippen LogP contribution in [0.25, 0.3) is 0 Å². The van der Waals surface area contributed by atoms with Gasteiger partial charge in [-0.05, 0) is 81.1 Å². The number of carbonyl (C=O) groups excluding carboxylic acids is 1. The number of carbonyl (C=O) groups is 1. The minimum Gasteiger partial charge on any atom is -0.350 e. The van der Waals surface area contributed by atoms with E-state index in [0.717, 1.165) is 38.6 Å². The minimum absolute atomic E-state index is 0.156. The first-order valence-corrected chi connectivity index (χ1v) is 10.9. The van der Waals surface area contributed by atoms with Crippen LogP contribution in [0.2, 0.25) is 0 Å². The summed E-state index contributed by atoms with van der Waals surface area (Å²) in [5.74, 6) is 0.807. The van der Waals surface area contributed by atoms with Crippen LogP contribution >= 0.6 is 0 Å². The Hall–Kier alpha value is -1.16. The Bertz CT molecular complexity index is 702. The highest BCUT2D eigenvalue weighted by molar-refractivity contribution is 5.84. The molecule has 0 aromatic heterocycles. The van der Waals surface area contributed by atoms with E-state index >= 15 is 0 Å². The number of halogens is 1. The summed E-state index contributed by atoms with van der Waals surface area (Å²) in [7, 11) is 0. The summed E-state index contributed by atoms with van der Waals surface area (Å²) in [5, 5.41) is 6.26. The van der Waals surface area contributed by atoms with Crippen LogP contribution in [0.15, 0.2) is 23.8 Å². The number of alkyl halides is 1. The van der Waals surface area contributed by atoms with E-state index < -0.39 is 6.17 Å². The number of hydrogen-bond acceptors (Lipinski definition) is 2. The Balaban J connectivity index is 1.44. The molecule has 1 heterocycles. The maximum atomic E-state index is 14.3. The van der Waals surface area contributed by atoms with Crippen LogP contribution in [0.5, 0.6) is 0 Å². The van der Waals surface area contributed by atoms with Gasteiger partial charge in [0.05, 0.1) is 11.5 Å². The highest BCUT2D eigenvalue weighted by Crippen LogP contribution is 2.72. The van der Waals surface area contributed by atoms with E-state index in [1.165, 1.54) is 19.3 Å². The Morgan fingerprint density at radius 1 is 1.26 bits per heavy atom.